The van der Waals surface area contributed by atoms with E-state index in [0.717, 1.165) is 42.1 Å². The van der Waals surface area contributed by atoms with E-state index in [1.165, 1.54) is 0 Å². The van der Waals surface area contributed by atoms with Gasteiger partial charge in [-0.25, -0.2) is 4.98 Å². The van der Waals surface area contributed by atoms with Crippen LogP contribution >= 0.6 is 11.6 Å². The van der Waals surface area contributed by atoms with Crippen molar-refractivity contribution in [2.24, 2.45) is 0 Å². The summed E-state index contributed by atoms with van der Waals surface area (Å²) in [6.07, 6.45) is 2.00. The Hall–Kier alpha value is -1.52. The average Bonchev–Trinajstić information content (AvgIpc) is 2.78. The number of hydrogen-bond donors (Lipinski definition) is 1. The van der Waals surface area contributed by atoms with Gasteiger partial charge in [-0.05, 0) is 43.5 Å². The molecule has 3 rings (SSSR count). The highest BCUT2D eigenvalue weighted by Crippen LogP contribution is 2.34. The molecular formula is C14H15ClN2O2. The summed E-state index contributed by atoms with van der Waals surface area (Å²) in [6, 6.07) is 7.60. The monoisotopic (exact) mass is 278 g/mol. The molecule has 1 aromatic heterocycles. The number of methoxy groups -OCH3 is 1. The molecule has 100 valence electrons. The molecule has 1 unspecified atom stereocenters. The number of aliphatic hydroxyl groups is 1. The van der Waals surface area contributed by atoms with Gasteiger partial charge in [-0.1, -0.05) is 11.6 Å². The van der Waals surface area contributed by atoms with E-state index in [4.69, 9.17) is 16.3 Å². The minimum absolute atomic E-state index is 0.490. The van der Waals surface area contributed by atoms with Gasteiger partial charge in [-0.2, -0.15) is 0 Å². The van der Waals surface area contributed by atoms with Crippen LogP contribution in [0.4, 0.5) is 0 Å². The maximum absolute atomic E-state index is 10.2. The maximum atomic E-state index is 10.2. The van der Waals surface area contributed by atoms with Crippen LogP contribution in [0.5, 0.6) is 5.75 Å². The van der Waals surface area contributed by atoms with Gasteiger partial charge in [0, 0.05) is 5.56 Å². The first-order chi connectivity index (χ1) is 9.20. The number of benzene rings is 1. The Balaban J connectivity index is 2.09. The number of aliphatic hydroxyl groups excluding tert-OH is 1. The van der Waals surface area contributed by atoms with E-state index in [0.29, 0.717) is 5.15 Å². The fraction of sp³-hybridized carbons (Fsp3) is 0.357. The average molecular weight is 279 g/mol. The summed E-state index contributed by atoms with van der Waals surface area (Å²) in [5.74, 6) is 1.51. The first-order valence-electron chi connectivity index (χ1n) is 6.30. The summed E-state index contributed by atoms with van der Waals surface area (Å²) in [6.45, 7) is 0. The Morgan fingerprint density at radius 3 is 2.79 bits per heavy atom. The summed E-state index contributed by atoms with van der Waals surface area (Å²) in [5, 5.41) is 10.6. The Morgan fingerprint density at radius 2 is 2.11 bits per heavy atom. The highest BCUT2D eigenvalue weighted by atomic mass is 35.5. The van der Waals surface area contributed by atoms with Gasteiger partial charge in [-0.15, -0.1) is 0 Å². The van der Waals surface area contributed by atoms with Crippen molar-refractivity contribution in [3.05, 3.63) is 35.1 Å². The Morgan fingerprint density at radius 1 is 1.37 bits per heavy atom. The van der Waals surface area contributed by atoms with Crippen molar-refractivity contribution in [2.75, 3.05) is 7.11 Å². The quantitative estimate of drug-likeness (QED) is 0.918. The lowest BCUT2D eigenvalue weighted by Gasteiger charge is -2.23. The van der Waals surface area contributed by atoms with E-state index in [1.807, 2.05) is 28.8 Å². The van der Waals surface area contributed by atoms with Crippen molar-refractivity contribution in [3.8, 4) is 17.1 Å². The molecule has 0 bridgehead atoms. The van der Waals surface area contributed by atoms with Gasteiger partial charge in [0.1, 0.15) is 17.8 Å². The standard InChI is InChI=1S/C14H15ClN2O2/c1-19-10-7-5-9(6-8-10)14-16-13(15)11-3-2-4-12(18)17(11)14/h5-8,12,18H,2-4H2,1H3. The van der Waals surface area contributed by atoms with Gasteiger partial charge >= 0.3 is 0 Å². The molecule has 1 aliphatic heterocycles. The predicted octanol–water partition coefficient (Wildman–Crippen LogP) is 3.04. The summed E-state index contributed by atoms with van der Waals surface area (Å²) in [7, 11) is 1.63. The second-order valence-corrected chi connectivity index (χ2v) is 5.00. The highest BCUT2D eigenvalue weighted by Gasteiger charge is 2.25. The van der Waals surface area contributed by atoms with Crippen molar-refractivity contribution in [1.29, 1.82) is 0 Å². The van der Waals surface area contributed by atoms with Gasteiger partial charge in [0.05, 0.1) is 12.8 Å². The summed E-state index contributed by atoms with van der Waals surface area (Å²) < 4.78 is 6.98. The number of nitrogens with zero attached hydrogens (tertiary/aromatic N) is 2. The van der Waals surface area contributed by atoms with E-state index in [9.17, 15) is 5.11 Å². The summed E-state index contributed by atoms with van der Waals surface area (Å²) in [5.41, 5.74) is 1.85. The molecule has 5 heteroatoms. The number of hydrogen-bond acceptors (Lipinski definition) is 3. The summed E-state index contributed by atoms with van der Waals surface area (Å²) >= 11 is 6.17. The SMILES string of the molecule is COc1ccc(-c2nc(Cl)c3n2C(O)CCC3)cc1. The van der Waals surface area contributed by atoms with E-state index in [2.05, 4.69) is 4.98 Å². The highest BCUT2D eigenvalue weighted by molar-refractivity contribution is 6.30. The molecule has 0 saturated carbocycles. The molecule has 1 atom stereocenters. The zero-order chi connectivity index (χ0) is 13.4. The van der Waals surface area contributed by atoms with Crippen LogP contribution < -0.4 is 4.74 Å². The molecule has 2 aromatic rings. The first-order valence-corrected chi connectivity index (χ1v) is 6.67. The first kappa shape index (κ1) is 12.5. The molecule has 0 spiro atoms. The minimum Gasteiger partial charge on any atom is -0.497 e. The second kappa shape index (κ2) is 4.87. The Labute approximate surface area is 116 Å². The van der Waals surface area contributed by atoms with Crippen LogP contribution in [0, 0.1) is 0 Å². The third-order valence-corrected chi connectivity index (χ3v) is 3.79. The van der Waals surface area contributed by atoms with Gasteiger partial charge in [0.15, 0.2) is 5.15 Å². The molecule has 1 aromatic carbocycles. The molecular weight excluding hydrogens is 264 g/mol. The van der Waals surface area contributed by atoms with E-state index >= 15 is 0 Å². The predicted molar refractivity (Wildman–Crippen MR) is 73.4 cm³/mol. The van der Waals surface area contributed by atoms with E-state index in [1.54, 1.807) is 7.11 Å². The molecule has 1 aliphatic rings. The summed E-state index contributed by atoms with van der Waals surface area (Å²) in [4.78, 5) is 4.40. The molecule has 0 aliphatic carbocycles. The topological polar surface area (TPSA) is 47.3 Å². The fourth-order valence-corrected chi connectivity index (χ4v) is 2.77. The van der Waals surface area contributed by atoms with Crippen LogP contribution in [0.2, 0.25) is 5.15 Å². The zero-order valence-electron chi connectivity index (χ0n) is 10.6. The largest absolute Gasteiger partial charge is 0.497 e. The third kappa shape index (κ3) is 2.11. The van der Waals surface area contributed by atoms with Gasteiger partial charge < -0.3 is 14.4 Å². The molecule has 19 heavy (non-hydrogen) atoms. The van der Waals surface area contributed by atoms with Crippen LogP contribution in [0.1, 0.15) is 24.8 Å². The van der Waals surface area contributed by atoms with Crippen molar-refractivity contribution >= 4 is 11.6 Å². The molecule has 4 nitrogen and oxygen atoms in total. The molecule has 0 fully saturated rings. The van der Waals surface area contributed by atoms with Crippen molar-refractivity contribution in [2.45, 2.75) is 25.5 Å². The maximum Gasteiger partial charge on any atom is 0.151 e. The second-order valence-electron chi connectivity index (χ2n) is 4.64. The van der Waals surface area contributed by atoms with Crippen molar-refractivity contribution in [1.82, 2.24) is 9.55 Å². The lowest BCUT2D eigenvalue weighted by atomic mass is 10.1. The van der Waals surface area contributed by atoms with E-state index in [-0.39, 0.29) is 0 Å². The van der Waals surface area contributed by atoms with Crippen LogP contribution in [0.3, 0.4) is 0 Å². The number of ether oxygens (including phenoxy) is 1. The van der Waals surface area contributed by atoms with E-state index < -0.39 is 6.23 Å². The van der Waals surface area contributed by atoms with Gasteiger partial charge in [0.2, 0.25) is 0 Å². The smallest absolute Gasteiger partial charge is 0.151 e. The van der Waals surface area contributed by atoms with Gasteiger partial charge in [0.25, 0.3) is 0 Å². The van der Waals surface area contributed by atoms with Crippen LogP contribution in [-0.4, -0.2) is 21.8 Å². The number of aromatic nitrogens is 2. The third-order valence-electron chi connectivity index (χ3n) is 3.48. The molecule has 1 N–H and O–H groups in total. The van der Waals surface area contributed by atoms with Crippen molar-refractivity contribution in [3.63, 3.8) is 0 Å². The molecule has 0 saturated heterocycles. The fourth-order valence-electron chi connectivity index (χ4n) is 2.51. The van der Waals surface area contributed by atoms with Gasteiger partial charge in [-0.3, -0.25) is 0 Å². The Bertz CT molecular complexity index is 592. The number of rotatable bonds is 2. The minimum atomic E-state index is -0.541. The van der Waals surface area contributed by atoms with Crippen LogP contribution in [-0.2, 0) is 6.42 Å². The molecule has 2 heterocycles. The lowest BCUT2D eigenvalue weighted by Crippen LogP contribution is -2.17. The lowest BCUT2D eigenvalue weighted by molar-refractivity contribution is 0.0807. The molecule has 0 radical (unpaired) electrons. The zero-order valence-corrected chi connectivity index (χ0v) is 11.4. The molecule has 0 amide bonds. The van der Waals surface area contributed by atoms with Crippen molar-refractivity contribution < 1.29 is 9.84 Å². The van der Waals surface area contributed by atoms with Crippen LogP contribution in [0.25, 0.3) is 11.4 Å². The van der Waals surface area contributed by atoms with Crippen LogP contribution in [0.15, 0.2) is 24.3 Å². The normalized spacial score (nSPS) is 18.2. The number of halogens is 1. The Kier molecular flexibility index (Phi) is 3.21. The number of imidazole rings is 1. The number of fused-ring (bicyclic) bond motifs is 1.